The van der Waals surface area contributed by atoms with Crippen LogP contribution in [0.15, 0.2) is 18.3 Å². The monoisotopic (exact) mass is 290 g/mol. The lowest BCUT2D eigenvalue weighted by Crippen LogP contribution is -2.41. The summed E-state index contributed by atoms with van der Waals surface area (Å²) in [6.07, 6.45) is 7.19. The Morgan fingerprint density at radius 1 is 1.48 bits per heavy atom. The summed E-state index contributed by atoms with van der Waals surface area (Å²) in [5.41, 5.74) is 0.970. The number of pyridine rings is 1. The number of likely N-dealkylation sites (tertiary alicyclic amines) is 1. The number of methoxy groups -OCH3 is 1. The molecule has 2 fully saturated rings. The van der Waals surface area contributed by atoms with Crippen LogP contribution < -0.4 is 4.74 Å². The lowest BCUT2D eigenvalue weighted by Gasteiger charge is -2.33. The summed E-state index contributed by atoms with van der Waals surface area (Å²) in [7, 11) is 1.61. The molecule has 3 unspecified atom stereocenters. The van der Waals surface area contributed by atoms with Crippen LogP contribution in [0.25, 0.3) is 0 Å². The van der Waals surface area contributed by atoms with Gasteiger partial charge in [0, 0.05) is 24.3 Å². The number of carboxylic acids is 1. The van der Waals surface area contributed by atoms with Crippen molar-refractivity contribution in [3.63, 3.8) is 0 Å². The molecule has 0 spiro atoms. The minimum Gasteiger partial charge on any atom is -0.481 e. The zero-order valence-electron chi connectivity index (χ0n) is 12.4. The predicted octanol–water partition coefficient (Wildman–Crippen LogP) is 2.31. The molecule has 0 radical (unpaired) electrons. The molecule has 5 nitrogen and oxygen atoms in total. The van der Waals surface area contributed by atoms with Crippen molar-refractivity contribution < 1.29 is 14.6 Å². The summed E-state index contributed by atoms with van der Waals surface area (Å²) in [4.78, 5) is 18.0. The van der Waals surface area contributed by atoms with Crippen molar-refractivity contribution in [2.24, 2.45) is 5.92 Å². The molecule has 3 atom stereocenters. The fourth-order valence-corrected chi connectivity index (χ4v) is 3.95. The van der Waals surface area contributed by atoms with Gasteiger partial charge in [-0.3, -0.25) is 9.69 Å². The SMILES string of the molecule is COc1ncccc1CN1C(C(=O)O)CC2CCCCC21. The molecule has 1 saturated carbocycles. The molecule has 1 aliphatic heterocycles. The van der Waals surface area contributed by atoms with Crippen molar-refractivity contribution >= 4 is 5.97 Å². The van der Waals surface area contributed by atoms with E-state index in [0.29, 0.717) is 24.4 Å². The Bertz CT molecular complexity index is 520. The van der Waals surface area contributed by atoms with Gasteiger partial charge in [0.2, 0.25) is 5.88 Å². The van der Waals surface area contributed by atoms with E-state index in [1.165, 1.54) is 12.8 Å². The number of fused-ring (bicyclic) bond motifs is 1. The quantitative estimate of drug-likeness (QED) is 0.922. The molecule has 1 saturated heterocycles. The van der Waals surface area contributed by atoms with Gasteiger partial charge in [-0.05, 0) is 31.2 Å². The van der Waals surface area contributed by atoms with Crippen molar-refractivity contribution in [1.82, 2.24) is 9.88 Å². The van der Waals surface area contributed by atoms with Crippen LogP contribution in [0.5, 0.6) is 5.88 Å². The normalized spacial score (nSPS) is 29.1. The Labute approximate surface area is 124 Å². The summed E-state index contributed by atoms with van der Waals surface area (Å²) in [5, 5.41) is 9.55. The van der Waals surface area contributed by atoms with Gasteiger partial charge in [-0.2, -0.15) is 0 Å². The van der Waals surface area contributed by atoms with Gasteiger partial charge in [0.15, 0.2) is 0 Å². The van der Waals surface area contributed by atoms with Gasteiger partial charge in [0.1, 0.15) is 6.04 Å². The number of aliphatic carboxylic acids is 1. The standard InChI is InChI=1S/C16H22N2O3/c1-21-15-12(6-4-8-17-15)10-18-13-7-3-2-5-11(13)9-14(18)16(19)20/h4,6,8,11,13-14H,2-3,5,7,9-10H2,1H3,(H,19,20). The van der Waals surface area contributed by atoms with Gasteiger partial charge < -0.3 is 9.84 Å². The fourth-order valence-electron chi connectivity index (χ4n) is 3.95. The van der Waals surface area contributed by atoms with E-state index in [9.17, 15) is 9.90 Å². The second kappa shape index (κ2) is 6.02. The second-order valence-electron chi connectivity index (χ2n) is 6.05. The molecule has 1 aliphatic carbocycles. The van der Waals surface area contributed by atoms with Crippen LogP contribution in [-0.2, 0) is 11.3 Å². The van der Waals surface area contributed by atoms with E-state index in [0.717, 1.165) is 24.8 Å². The first-order valence-electron chi connectivity index (χ1n) is 7.67. The van der Waals surface area contributed by atoms with Crippen molar-refractivity contribution in [1.29, 1.82) is 0 Å². The van der Waals surface area contributed by atoms with Crippen LogP contribution in [0.2, 0.25) is 0 Å². The highest BCUT2D eigenvalue weighted by atomic mass is 16.5. The molecule has 0 amide bonds. The second-order valence-corrected chi connectivity index (χ2v) is 6.05. The molecule has 3 rings (SSSR count). The van der Waals surface area contributed by atoms with Crippen molar-refractivity contribution in [2.75, 3.05) is 7.11 Å². The van der Waals surface area contributed by atoms with Crippen molar-refractivity contribution in [3.05, 3.63) is 23.9 Å². The lowest BCUT2D eigenvalue weighted by molar-refractivity contribution is -0.142. The van der Waals surface area contributed by atoms with Crippen molar-refractivity contribution in [3.8, 4) is 5.88 Å². The number of ether oxygens (including phenoxy) is 1. The molecule has 114 valence electrons. The molecular formula is C16H22N2O3. The van der Waals surface area contributed by atoms with E-state index < -0.39 is 5.97 Å². The zero-order chi connectivity index (χ0) is 14.8. The average Bonchev–Trinajstić information content (AvgIpc) is 2.87. The summed E-state index contributed by atoms with van der Waals surface area (Å²) in [5.74, 6) is 0.427. The smallest absolute Gasteiger partial charge is 0.320 e. The Hall–Kier alpha value is -1.62. The highest BCUT2D eigenvalue weighted by molar-refractivity contribution is 5.74. The summed E-state index contributed by atoms with van der Waals surface area (Å²) in [6.45, 7) is 0.606. The first-order chi connectivity index (χ1) is 10.2. The molecule has 1 aromatic heterocycles. The third-order valence-electron chi connectivity index (χ3n) is 4.90. The molecule has 2 aliphatic rings. The maximum Gasteiger partial charge on any atom is 0.320 e. The summed E-state index contributed by atoms with van der Waals surface area (Å²) >= 11 is 0. The van der Waals surface area contributed by atoms with E-state index in [1.54, 1.807) is 13.3 Å². The number of nitrogens with zero attached hydrogens (tertiary/aromatic N) is 2. The highest BCUT2D eigenvalue weighted by Gasteiger charge is 2.45. The van der Waals surface area contributed by atoms with Crippen LogP contribution >= 0.6 is 0 Å². The van der Waals surface area contributed by atoms with Crippen molar-refractivity contribution in [2.45, 2.75) is 50.7 Å². The number of hydrogen-bond acceptors (Lipinski definition) is 4. The van der Waals surface area contributed by atoms with Crippen LogP contribution in [0.1, 0.15) is 37.7 Å². The molecule has 5 heteroatoms. The predicted molar refractivity (Wildman–Crippen MR) is 78.1 cm³/mol. The third kappa shape index (κ3) is 2.75. The van der Waals surface area contributed by atoms with Gasteiger partial charge in [0.25, 0.3) is 0 Å². The average molecular weight is 290 g/mol. The van der Waals surface area contributed by atoms with Gasteiger partial charge in [-0.1, -0.05) is 18.9 Å². The molecule has 0 bridgehead atoms. The van der Waals surface area contributed by atoms with Crippen LogP contribution in [0, 0.1) is 5.92 Å². The van der Waals surface area contributed by atoms with Crippen LogP contribution in [0.3, 0.4) is 0 Å². The minimum atomic E-state index is -0.702. The minimum absolute atomic E-state index is 0.372. The summed E-state index contributed by atoms with van der Waals surface area (Å²) in [6, 6.07) is 3.87. The maximum atomic E-state index is 11.6. The fraction of sp³-hybridized carbons (Fsp3) is 0.625. The van der Waals surface area contributed by atoms with Gasteiger partial charge in [0.05, 0.1) is 7.11 Å². The molecule has 2 heterocycles. The van der Waals surface area contributed by atoms with Gasteiger partial charge in [-0.25, -0.2) is 4.98 Å². The summed E-state index contributed by atoms with van der Waals surface area (Å²) < 4.78 is 5.30. The largest absolute Gasteiger partial charge is 0.481 e. The van der Waals surface area contributed by atoms with E-state index >= 15 is 0 Å². The molecule has 21 heavy (non-hydrogen) atoms. The number of aromatic nitrogens is 1. The lowest BCUT2D eigenvalue weighted by atomic mass is 9.84. The highest BCUT2D eigenvalue weighted by Crippen LogP contribution is 2.41. The topological polar surface area (TPSA) is 62.7 Å². The molecule has 1 aromatic rings. The van der Waals surface area contributed by atoms with E-state index in [-0.39, 0.29) is 6.04 Å². The molecular weight excluding hydrogens is 268 g/mol. The first-order valence-corrected chi connectivity index (χ1v) is 7.67. The number of carbonyl (C=O) groups is 1. The van der Waals surface area contributed by atoms with Gasteiger partial charge >= 0.3 is 5.97 Å². The van der Waals surface area contributed by atoms with Crippen LogP contribution in [-0.4, -0.2) is 40.2 Å². The number of rotatable bonds is 4. The van der Waals surface area contributed by atoms with Gasteiger partial charge in [-0.15, -0.1) is 0 Å². The van der Waals surface area contributed by atoms with Crippen LogP contribution in [0.4, 0.5) is 0 Å². The zero-order valence-corrected chi connectivity index (χ0v) is 12.4. The first kappa shape index (κ1) is 14.3. The molecule has 1 N–H and O–H groups in total. The van der Waals surface area contributed by atoms with E-state index in [1.807, 2.05) is 12.1 Å². The van der Waals surface area contributed by atoms with E-state index in [2.05, 4.69) is 9.88 Å². The Morgan fingerprint density at radius 3 is 3.05 bits per heavy atom. The van der Waals surface area contributed by atoms with E-state index in [4.69, 9.17) is 4.74 Å². The Balaban J connectivity index is 1.85. The number of hydrogen-bond donors (Lipinski definition) is 1. The Morgan fingerprint density at radius 2 is 2.29 bits per heavy atom. The number of carboxylic acid groups (broad SMARTS) is 1. The Kier molecular flexibility index (Phi) is 4.10. The molecule has 0 aromatic carbocycles. The third-order valence-corrected chi connectivity index (χ3v) is 4.90. The maximum absolute atomic E-state index is 11.6.